The molecule has 2 saturated heterocycles. The lowest BCUT2D eigenvalue weighted by Crippen LogP contribution is -2.26. The van der Waals surface area contributed by atoms with E-state index in [1.807, 2.05) is 0 Å². The predicted molar refractivity (Wildman–Crippen MR) is 91.6 cm³/mol. The van der Waals surface area contributed by atoms with Crippen LogP contribution >= 0.6 is 11.3 Å². The second kappa shape index (κ2) is 6.96. The summed E-state index contributed by atoms with van der Waals surface area (Å²) in [7, 11) is 0. The summed E-state index contributed by atoms with van der Waals surface area (Å²) in [6, 6.07) is 4.26. The zero-order chi connectivity index (χ0) is 16.4. The summed E-state index contributed by atoms with van der Waals surface area (Å²) in [5.74, 6) is 1.21. The highest BCUT2D eigenvalue weighted by molar-refractivity contribution is 7.09. The molecule has 0 aliphatic carbocycles. The Labute approximate surface area is 144 Å². The van der Waals surface area contributed by atoms with Crippen LogP contribution in [0.5, 0.6) is 0 Å². The summed E-state index contributed by atoms with van der Waals surface area (Å²) in [5, 5.41) is 4.93. The molecular weight excluding hydrogens is 324 g/mol. The van der Waals surface area contributed by atoms with Crippen LogP contribution in [0, 0.1) is 11.8 Å². The Hall–Kier alpha value is -1.83. The van der Waals surface area contributed by atoms with Crippen molar-refractivity contribution in [2.45, 2.75) is 19.1 Å². The van der Waals surface area contributed by atoms with Crippen molar-refractivity contribution in [3.63, 3.8) is 0 Å². The Bertz CT molecular complexity index is 679. The number of anilines is 1. The van der Waals surface area contributed by atoms with E-state index in [1.165, 1.54) is 4.88 Å². The molecule has 1 amide bonds. The third-order valence-electron chi connectivity index (χ3n) is 4.75. The van der Waals surface area contributed by atoms with Gasteiger partial charge < -0.3 is 10.1 Å². The number of nitrogens with zero attached hydrogens (tertiary/aromatic N) is 3. The van der Waals surface area contributed by atoms with Crippen LogP contribution < -0.4 is 5.32 Å². The standard InChI is InChI=1S/C17H20N4O2S/c22-17(20-16-7-18-3-4-19-16)6-12-11-23-15-10-21(9-14(12)15)8-13-2-1-5-24-13/h1-5,7,12,14-15H,6,8-11H2,(H,19,20,22)/t12-,14-,15-/m1/s1. The summed E-state index contributed by atoms with van der Waals surface area (Å²) < 4.78 is 5.94. The van der Waals surface area contributed by atoms with E-state index < -0.39 is 0 Å². The Morgan fingerprint density at radius 2 is 2.38 bits per heavy atom. The van der Waals surface area contributed by atoms with Crippen LogP contribution in [0.4, 0.5) is 5.82 Å². The van der Waals surface area contributed by atoms with Gasteiger partial charge in [0.05, 0.1) is 18.9 Å². The fourth-order valence-corrected chi connectivity index (χ4v) is 4.38. The van der Waals surface area contributed by atoms with Crippen molar-refractivity contribution >= 4 is 23.1 Å². The van der Waals surface area contributed by atoms with E-state index in [4.69, 9.17) is 4.74 Å². The molecule has 0 bridgehead atoms. The number of likely N-dealkylation sites (tertiary alicyclic amines) is 1. The number of carbonyl (C=O) groups is 1. The molecule has 1 N–H and O–H groups in total. The van der Waals surface area contributed by atoms with Crippen LogP contribution in [0.2, 0.25) is 0 Å². The SMILES string of the molecule is O=C(C[C@@H]1CO[C@@H]2CN(Cc3cccs3)C[C@H]12)Nc1cnccn1. The molecular formula is C17H20N4O2S. The fourth-order valence-electron chi connectivity index (χ4n) is 3.64. The Kier molecular flexibility index (Phi) is 4.55. The fraction of sp³-hybridized carbons (Fsp3) is 0.471. The molecule has 6 nitrogen and oxygen atoms in total. The van der Waals surface area contributed by atoms with Gasteiger partial charge in [-0.2, -0.15) is 0 Å². The first kappa shape index (κ1) is 15.7. The van der Waals surface area contributed by atoms with Gasteiger partial charge in [-0.25, -0.2) is 4.98 Å². The molecule has 4 rings (SSSR count). The minimum Gasteiger partial charge on any atom is -0.376 e. The third-order valence-corrected chi connectivity index (χ3v) is 5.61. The number of hydrogen-bond acceptors (Lipinski definition) is 6. The van der Waals surface area contributed by atoms with Gasteiger partial charge in [0, 0.05) is 49.2 Å². The van der Waals surface area contributed by atoms with Crippen molar-refractivity contribution in [1.29, 1.82) is 0 Å². The third kappa shape index (κ3) is 3.48. The van der Waals surface area contributed by atoms with Crippen molar-refractivity contribution in [2.75, 3.05) is 25.0 Å². The molecule has 7 heteroatoms. The maximum absolute atomic E-state index is 12.2. The molecule has 0 unspecified atom stereocenters. The lowest BCUT2D eigenvalue weighted by atomic mass is 9.90. The molecule has 0 saturated carbocycles. The lowest BCUT2D eigenvalue weighted by Gasteiger charge is -2.18. The molecule has 2 fully saturated rings. The maximum Gasteiger partial charge on any atom is 0.225 e. The number of nitrogens with one attached hydrogen (secondary N) is 1. The summed E-state index contributed by atoms with van der Waals surface area (Å²) in [4.78, 5) is 24.1. The van der Waals surface area contributed by atoms with Gasteiger partial charge in [0.2, 0.25) is 5.91 Å². The molecule has 2 aliphatic heterocycles. The van der Waals surface area contributed by atoms with Crippen LogP contribution in [-0.2, 0) is 16.1 Å². The second-order valence-corrected chi connectivity index (χ2v) is 7.44. The average molecular weight is 344 g/mol. The average Bonchev–Trinajstić information content (AvgIpc) is 3.28. The molecule has 2 aromatic heterocycles. The van der Waals surface area contributed by atoms with E-state index in [2.05, 4.69) is 37.7 Å². The van der Waals surface area contributed by atoms with Gasteiger partial charge in [0.1, 0.15) is 0 Å². The highest BCUT2D eigenvalue weighted by atomic mass is 32.1. The minimum absolute atomic E-state index is 0.0125. The van der Waals surface area contributed by atoms with E-state index in [-0.39, 0.29) is 17.9 Å². The number of hydrogen-bond donors (Lipinski definition) is 1. The topological polar surface area (TPSA) is 67.3 Å². The van der Waals surface area contributed by atoms with Gasteiger partial charge >= 0.3 is 0 Å². The molecule has 2 aliphatic rings. The van der Waals surface area contributed by atoms with Crippen molar-refractivity contribution in [2.24, 2.45) is 11.8 Å². The molecule has 0 aromatic carbocycles. The van der Waals surface area contributed by atoms with E-state index in [1.54, 1.807) is 29.9 Å². The van der Waals surface area contributed by atoms with E-state index in [0.29, 0.717) is 24.8 Å². The van der Waals surface area contributed by atoms with Crippen LogP contribution in [0.1, 0.15) is 11.3 Å². The maximum atomic E-state index is 12.2. The Balaban J connectivity index is 1.31. The van der Waals surface area contributed by atoms with Crippen LogP contribution in [0.15, 0.2) is 36.1 Å². The van der Waals surface area contributed by atoms with Crippen LogP contribution in [0.3, 0.4) is 0 Å². The summed E-state index contributed by atoms with van der Waals surface area (Å²) in [6.07, 6.45) is 5.46. The number of aromatic nitrogens is 2. The molecule has 126 valence electrons. The number of thiophene rings is 1. The molecule has 4 heterocycles. The van der Waals surface area contributed by atoms with E-state index >= 15 is 0 Å². The molecule has 24 heavy (non-hydrogen) atoms. The van der Waals surface area contributed by atoms with Gasteiger partial charge in [0.15, 0.2) is 5.82 Å². The quantitative estimate of drug-likeness (QED) is 0.899. The highest BCUT2D eigenvalue weighted by Crippen LogP contribution is 2.36. The number of carbonyl (C=O) groups excluding carboxylic acids is 1. The van der Waals surface area contributed by atoms with E-state index in [0.717, 1.165) is 19.6 Å². The first-order chi connectivity index (χ1) is 11.8. The monoisotopic (exact) mass is 344 g/mol. The zero-order valence-electron chi connectivity index (χ0n) is 13.3. The van der Waals surface area contributed by atoms with Crippen LogP contribution in [-0.4, -0.2) is 46.6 Å². The van der Waals surface area contributed by atoms with Crippen molar-refractivity contribution < 1.29 is 9.53 Å². The van der Waals surface area contributed by atoms with E-state index in [9.17, 15) is 4.79 Å². The number of ether oxygens (including phenoxy) is 1. The van der Waals surface area contributed by atoms with Gasteiger partial charge in [-0.15, -0.1) is 11.3 Å². The smallest absolute Gasteiger partial charge is 0.225 e. The van der Waals surface area contributed by atoms with Crippen molar-refractivity contribution in [3.8, 4) is 0 Å². The first-order valence-electron chi connectivity index (χ1n) is 8.20. The molecule has 2 aromatic rings. The molecule has 3 atom stereocenters. The Morgan fingerprint density at radius 1 is 1.42 bits per heavy atom. The summed E-state index contributed by atoms with van der Waals surface area (Å²) in [5.41, 5.74) is 0. The number of amides is 1. The number of rotatable bonds is 5. The van der Waals surface area contributed by atoms with Crippen molar-refractivity contribution in [3.05, 3.63) is 41.0 Å². The normalized spacial score (nSPS) is 26.4. The van der Waals surface area contributed by atoms with Gasteiger partial charge in [0.25, 0.3) is 0 Å². The largest absolute Gasteiger partial charge is 0.376 e. The van der Waals surface area contributed by atoms with Gasteiger partial charge in [-0.1, -0.05) is 6.07 Å². The molecule has 0 spiro atoms. The summed E-state index contributed by atoms with van der Waals surface area (Å²) in [6.45, 7) is 3.62. The molecule has 0 radical (unpaired) electrons. The van der Waals surface area contributed by atoms with Crippen molar-refractivity contribution in [1.82, 2.24) is 14.9 Å². The Morgan fingerprint density at radius 3 is 3.17 bits per heavy atom. The minimum atomic E-state index is -0.0125. The zero-order valence-corrected chi connectivity index (χ0v) is 14.1. The number of fused-ring (bicyclic) bond motifs is 1. The van der Waals surface area contributed by atoms with Gasteiger partial charge in [-0.05, 0) is 17.4 Å². The van der Waals surface area contributed by atoms with Gasteiger partial charge in [-0.3, -0.25) is 14.7 Å². The van der Waals surface area contributed by atoms with Crippen LogP contribution in [0.25, 0.3) is 0 Å². The predicted octanol–water partition coefficient (Wildman–Crippen LogP) is 2.01. The second-order valence-electron chi connectivity index (χ2n) is 6.41. The summed E-state index contributed by atoms with van der Waals surface area (Å²) >= 11 is 1.79. The highest BCUT2D eigenvalue weighted by Gasteiger charge is 2.44. The lowest BCUT2D eigenvalue weighted by molar-refractivity contribution is -0.117. The first-order valence-corrected chi connectivity index (χ1v) is 9.08.